The Hall–Kier alpha value is -1.79. The molecule has 0 aliphatic heterocycles. The number of nitrogens with zero attached hydrogens (tertiary/aromatic N) is 2. The lowest BCUT2D eigenvalue weighted by Crippen LogP contribution is -2.02. The van der Waals surface area contributed by atoms with Gasteiger partial charge in [-0.3, -0.25) is 0 Å². The largest absolute Gasteiger partial charge is 0.493 e. The first-order valence-electron chi connectivity index (χ1n) is 6.57. The summed E-state index contributed by atoms with van der Waals surface area (Å²) in [6.45, 7) is 4.47. The van der Waals surface area contributed by atoms with Crippen LogP contribution in [0, 0.1) is 0 Å². The Morgan fingerprint density at radius 2 is 2.14 bits per heavy atom. The summed E-state index contributed by atoms with van der Waals surface area (Å²) in [5.41, 5.74) is 6.47. The Morgan fingerprint density at radius 1 is 1.38 bits per heavy atom. The van der Waals surface area contributed by atoms with Crippen LogP contribution < -0.4 is 15.2 Å². The van der Waals surface area contributed by atoms with Crippen LogP contribution in [0.25, 0.3) is 0 Å². The molecule has 0 fully saturated rings. The molecule has 0 amide bonds. The minimum absolute atomic E-state index is 0.123. The number of rotatable bonds is 6. The molecule has 6 nitrogen and oxygen atoms in total. The van der Waals surface area contributed by atoms with Crippen molar-refractivity contribution in [3.05, 3.63) is 34.4 Å². The van der Waals surface area contributed by atoms with E-state index in [-0.39, 0.29) is 12.5 Å². The molecule has 2 N–H and O–H groups in total. The minimum atomic E-state index is 0.123. The van der Waals surface area contributed by atoms with Crippen molar-refractivity contribution in [2.24, 2.45) is 5.73 Å². The summed E-state index contributed by atoms with van der Waals surface area (Å²) in [6, 6.07) is 3.53. The summed E-state index contributed by atoms with van der Waals surface area (Å²) in [4.78, 5) is 4.24. The zero-order chi connectivity index (χ0) is 15.4. The summed E-state index contributed by atoms with van der Waals surface area (Å²) < 4.78 is 16.0. The van der Waals surface area contributed by atoms with Crippen LogP contribution in [0.15, 0.2) is 16.7 Å². The molecule has 0 spiro atoms. The average molecular weight is 312 g/mol. The van der Waals surface area contributed by atoms with Gasteiger partial charge < -0.3 is 19.7 Å². The molecule has 2 rings (SSSR count). The van der Waals surface area contributed by atoms with Gasteiger partial charge in [-0.1, -0.05) is 30.6 Å². The van der Waals surface area contributed by atoms with E-state index in [4.69, 9.17) is 31.3 Å². The van der Waals surface area contributed by atoms with Crippen molar-refractivity contribution in [2.45, 2.75) is 32.9 Å². The number of halogens is 1. The molecule has 1 heterocycles. The Labute approximate surface area is 128 Å². The highest BCUT2D eigenvalue weighted by atomic mass is 35.5. The Balaban J connectivity index is 2.15. The van der Waals surface area contributed by atoms with Crippen LogP contribution >= 0.6 is 11.6 Å². The summed E-state index contributed by atoms with van der Waals surface area (Å²) in [5.74, 6) is 2.18. The van der Waals surface area contributed by atoms with Gasteiger partial charge in [0.2, 0.25) is 0 Å². The first-order chi connectivity index (χ1) is 10.0. The molecule has 0 aliphatic carbocycles. The number of nitrogens with two attached hydrogens (primary N) is 1. The molecule has 7 heteroatoms. The summed E-state index contributed by atoms with van der Waals surface area (Å²) >= 11 is 6.19. The van der Waals surface area contributed by atoms with Gasteiger partial charge in [-0.25, -0.2) is 0 Å². The van der Waals surface area contributed by atoms with Crippen molar-refractivity contribution in [1.29, 1.82) is 0 Å². The number of aromatic nitrogens is 2. The lowest BCUT2D eigenvalue weighted by atomic mass is 10.2. The van der Waals surface area contributed by atoms with E-state index in [0.717, 1.165) is 5.56 Å². The molecule has 0 unspecified atom stereocenters. The molecule has 0 bridgehead atoms. The highest BCUT2D eigenvalue weighted by Gasteiger charge is 2.15. The van der Waals surface area contributed by atoms with Gasteiger partial charge in [0.25, 0.3) is 5.89 Å². The van der Waals surface area contributed by atoms with Crippen LogP contribution in [0.3, 0.4) is 0 Å². The molecule has 1 aromatic heterocycles. The van der Waals surface area contributed by atoms with Crippen LogP contribution in [0.2, 0.25) is 5.02 Å². The second-order valence-corrected chi connectivity index (χ2v) is 5.21. The second kappa shape index (κ2) is 6.78. The van der Waals surface area contributed by atoms with Crippen LogP contribution in [0.1, 0.15) is 37.0 Å². The van der Waals surface area contributed by atoms with Gasteiger partial charge >= 0.3 is 0 Å². The van der Waals surface area contributed by atoms with Crippen molar-refractivity contribution in [1.82, 2.24) is 10.1 Å². The van der Waals surface area contributed by atoms with Gasteiger partial charge in [-0.15, -0.1) is 0 Å². The van der Waals surface area contributed by atoms with Crippen LogP contribution in [0.5, 0.6) is 11.5 Å². The fraction of sp³-hybridized carbons (Fsp3) is 0.429. The summed E-state index contributed by atoms with van der Waals surface area (Å²) in [5, 5.41) is 4.30. The predicted octanol–water partition coefficient (Wildman–Crippen LogP) is 2.89. The standard InChI is InChI=1S/C14H18ClN3O3/c1-8(2)14-17-12(21-18-14)7-20-13-10(15)4-9(6-16)5-11(13)19-3/h4-5,8H,6-7,16H2,1-3H3. The molecule has 0 saturated carbocycles. The molecule has 0 aliphatic rings. The third kappa shape index (κ3) is 3.65. The maximum absolute atomic E-state index is 6.19. The Morgan fingerprint density at radius 3 is 2.71 bits per heavy atom. The monoisotopic (exact) mass is 311 g/mol. The number of methoxy groups -OCH3 is 1. The van der Waals surface area contributed by atoms with Crippen molar-refractivity contribution in [2.75, 3.05) is 7.11 Å². The number of hydrogen-bond donors (Lipinski definition) is 1. The second-order valence-electron chi connectivity index (χ2n) is 4.80. The van der Waals surface area contributed by atoms with E-state index < -0.39 is 0 Å². The SMILES string of the molecule is COc1cc(CN)cc(Cl)c1OCc1nc(C(C)C)no1. The van der Waals surface area contributed by atoms with Gasteiger partial charge in [0.1, 0.15) is 0 Å². The molecule has 2 aromatic rings. The van der Waals surface area contributed by atoms with Crippen molar-refractivity contribution < 1.29 is 14.0 Å². The zero-order valence-corrected chi connectivity index (χ0v) is 13.0. The molecule has 1 aromatic carbocycles. The van der Waals surface area contributed by atoms with E-state index >= 15 is 0 Å². The van der Waals surface area contributed by atoms with Crippen LogP contribution in [-0.2, 0) is 13.2 Å². The van der Waals surface area contributed by atoms with E-state index in [0.29, 0.717) is 34.8 Å². The van der Waals surface area contributed by atoms with Crippen molar-refractivity contribution >= 4 is 11.6 Å². The third-order valence-electron chi connectivity index (χ3n) is 2.87. The van der Waals surface area contributed by atoms with E-state index in [1.807, 2.05) is 13.8 Å². The van der Waals surface area contributed by atoms with E-state index in [1.165, 1.54) is 0 Å². The Bertz CT molecular complexity index is 614. The van der Waals surface area contributed by atoms with Gasteiger partial charge in [-0.05, 0) is 17.7 Å². The highest BCUT2D eigenvalue weighted by molar-refractivity contribution is 6.32. The van der Waals surface area contributed by atoms with Gasteiger partial charge in [-0.2, -0.15) is 4.98 Å². The molecule has 114 valence electrons. The first kappa shape index (κ1) is 15.6. The van der Waals surface area contributed by atoms with Crippen LogP contribution in [-0.4, -0.2) is 17.3 Å². The van der Waals surface area contributed by atoms with E-state index in [9.17, 15) is 0 Å². The molecule has 0 saturated heterocycles. The van der Waals surface area contributed by atoms with Gasteiger partial charge in [0.15, 0.2) is 23.9 Å². The highest BCUT2D eigenvalue weighted by Crippen LogP contribution is 2.36. The quantitative estimate of drug-likeness (QED) is 0.883. The van der Waals surface area contributed by atoms with Gasteiger partial charge in [0, 0.05) is 12.5 Å². The molecule has 0 atom stereocenters. The van der Waals surface area contributed by atoms with Crippen molar-refractivity contribution in [3.8, 4) is 11.5 Å². The molecular formula is C14H18ClN3O3. The number of benzene rings is 1. The van der Waals surface area contributed by atoms with E-state index in [1.54, 1.807) is 19.2 Å². The Kier molecular flexibility index (Phi) is 5.03. The lowest BCUT2D eigenvalue weighted by Gasteiger charge is -2.12. The molecule has 0 radical (unpaired) electrons. The van der Waals surface area contributed by atoms with Crippen LogP contribution in [0.4, 0.5) is 0 Å². The predicted molar refractivity (Wildman–Crippen MR) is 78.6 cm³/mol. The third-order valence-corrected chi connectivity index (χ3v) is 3.15. The summed E-state index contributed by atoms with van der Waals surface area (Å²) in [7, 11) is 1.54. The van der Waals surface area contributed by atoms with E-state index in [2.05, 4.69) is 10.1 Å². The smallest absolute Gasteiger partial charge is 0.264 e. The van der Waals surface area contributed by atoms with Gasteiger partial charge in [0.05, 0.1) is 12.1 Å². The first-order valence-corrected chi connectivity index (χ1v) is 6.94. The van der Waals surface area contributed by atoms with Crippen molar-refractivity contribution in [3.63, 3.8) is 0 Å². The minimum Gasteiger partial charge on any atom is -0.493 e. The maximum atomic E-state index is 6.19. The lowest BCUT2D eigenvalue weighted by molar-refractivity contribution is 0.233. The normalized spacial score (nSPS) is 11.0. The summed E-state index contributed by atoms with van der Waals surface area (Å²) in [6.07, 6.45) is 0. The fourth-order valence-electron chi connectivity index (χ4n) is 1.73. The maximum Gasteiger partial charge on any atom is 0.264 e. The zero-order valence-electron chi connectivity index (χ0n) is 12.2. The molecular weight excluding hydrogens is 294 g/mol. The number of ether oxygens (including phenoxy) is 2. The average Bonchev–Trinajstić information content (AvgIpc) is 2.94. The molecule has 21 heavy (non-hydrogen) atoms. The number of hydrogen-bond acceptors (Lipinski definition) is 6. The topological polar surface area (TPSA) is 83.4 Å². The fourth-order valence-corrected chi connectivity index (χ4v) is 2.01.